The van der Waals surface area contributed by atoms with E-state index >= 15 is 0 Å². The zero-order valence-electron chi connectivity index (χ0n) is 19.8. The topological polar surface area (TPSA) is 76.1 Å². The number of rotatable bonds is 7. The molecule has 1 fully saturated rings. The van der Waals surface area contributed by atoms with Crippen molar-refractivity contribution >= 4 is 35.1 Å². The molecule has 1 aliphatic heterocycles. The monoisotopic (exact) mass is 507 g/mol. The highest BCUT2D eigenvalue weighted by molar-refractivity contribution is 6.30. The van der Waals surface area contributed by atoms with E-state index < -0.39 is 35.9 Å². The Morgan fingerprint density at radius 3 is 2.35 bits per heavy atom. The van der Waals surface area contributed by atoms with E-state index in [4.69, 9.17) is 32.7 Å². The predicted molar refractivity (Wildman–Crippen MR) is 132 cm³/mol. The zero-order valence-corrected chi connectivity index (χ0v) is 21.3. The van der Waals surface area contributed by atoms with E-state index in [9.17, 15) is 14.7 Å². The van der Waals surface area contributed by atoms with Crippen LogP contribution in [0.4, 0.5) is 0 Å². The fraction of sp³-hybridized carbons (Fsp3) is 0.462. The van der Waals surface area contributed by atoms with Crippen LogP contribution in [0.3, 0.4) is 0 Å². The average Bonchev–Trinajstić information content (AvgIpc) is 2.76. The number of aliphatic hydroxyl groups excluding tert-OH is 1. The molecule has 0 spiro atoms. The Morgan fingerprint density at radius 1 is 1.12 bits per heavy atom. The number of hydrogen-bond acceptors (Lipinski definition) is 5. The van der Waals surface area contributed by atoms with E-state index in [0.717, 1.165) is 11.1 Å². The Morgan fingerprint density at radius 2 is 1.79 bits per heavy atom. The molecule has 3 rings (SSSR count). The minimum atomic E-state index is -1.07. The van der Waals surface area contributed by atoms with Crippen molar-refractivity contribution in [3.63, 3.8) is 0 Å². The van der Waals surface area contributed by atoms with Crippen LogP contribution in [0.1, 0.15) is 63.8 Å². The molecule has 0 aromatic heterocycles. The normalized spacial score (nSPS) is 21.9. The van der Waals surface area contributed by atoms with Gasteiger partial charge >= 0.3 is 5.97 Å². The molecule has 0 saturated carbocycles. The summed E-state index contributed by atoms with van der Waals surface area (Å²) in [5.74, 6) is -0.900. The summed E-state index contributed by atoms with van der Waals surface area (Å²) in [6.07, 6.45) is -1.42. The van der Waals surface area contributed by atoms with Gasteiger partial charge in [-0.25, -0.2) is 0 Å². The molecule has 2 aromatic carbocycles. The molecule has 1 unspecified atom stereocenters. The van der Waals surface area contributed by atoms with Gasteiger partial charge in [0.05, 0.1) is 25.1 Å². The first-order valence-corrected chi connectivity index (χ1v) is 12.1. The van der Waals surface area contributed by atoms with Crippen molar-refractivity contribution in [1.82, 2.24) is 4.90 Å². The summed E-state index contributed by atoms with van der Waals surface area (Å²) in [6, 6.07) is 13.4. The molecule has 0 aliphatic carbocycles. The third kappa shape index (κ3) is 6.30. The Hall–Kier alpha value is -2.12. The van der Waals surface area contributed by atoms with Crippen LogP contribution in [-0.2, 0) is 19.1 Å². The van der Waals surface area contributed by atoms with Crippen LogP contribution in [0.15, 0.2) is 48.5 Å². The highest BCUT2D eigenvalue weighted by Gasteiger charge is 2.47. The second-order valence-electron chi connectivity index (χ2n) is 9.38. The van der Waals surface area contributed by atoms with Crippen molar-refractivity contribution in [2.45, 2.75) is 70.4 Å². The maximum Gasteiger partial charge on any atom is 0.309 e. The van der Waals surface area contributed by atoms with Crippen LogP contribution in [0.5, 0.6) is 0 Å². The van der Waals surface area contributed by atoms with Crippen LogP contribution in [0.25, 0.3) is 0 Å². The van der Waals surface area contributed by atoms with Gasteiger partial charge in [0.15, 0.2) is 0 Å². The van der Waals surface area contributed by atoms with Gasteiger partial charge in [-0.1, -0.05) is 54.4 Å². The predicted octanol–water partition coefficient (Wildman–Crippen LogP) is 5.51. The van der Waals surface area contributed by atoms with Crippen LogP contribution >= 0.6 is 23.2 Å². The van der Waals surface area contributed by atoms with E-state index in [-0.39, 0.29) is 18.9 Å². The third-order valence-electron chi connectivity index (χ3n) is 5.66. The highest BCUT2D eigenvalue weighted by Crippen LogP contribution is 2.44. The summed E-state index contributed by atoms with van der Waals surface area (Å²) >= 11 is 12.4. The molecule has 34 heavy (non-hydrogen) atoms. The van der Waals surface area contributed by atoms with Gasteiger partial charge < -0.3 is 19.5 Å². The van der Waals surface area contributed by atoms with Crippen molar-refractivity contribution in [3.8, 4) is 0 Å². The second-order valence-corrected chi connectivity index (χ2v) is 10.3. The maximum absolute atomic E-state index is 13.7. The second kappa shape index (κ2) is 11.1. The molecule has 1 heterocycles. The minimum Gasteiger partial charge on any atom is -0.460 e. The van der Waals surface area contributed by atoms with E-state index in [0.29, 0.717) is 16.5 Å². The molecule has 184 valence electrons. The number of halogens is 2. The van der Waals surface area contributed by atoms with Gasteiger partial charge in [0.1, 0.15) is 17.8 Å². The van der Waals surface area contributed by atoms with E-state index in [1.165, 1.54) is 0 Å². The van der Waals surface area contributed by atoms with E-state index in [2.05, 4.69) is 0 Å². The van der Waals surface area contributed by atoms with Crippen molar-refractivity contribution in [2.24, 2.45) is 0 Å². The molecule has 1 amide bonds. The maximum atomic E-state index is 13.7. The number of carbonyl (C=O) groups is 2. The zero-order chi connectivity index (χ0) is 25.0. The molecule has 2 aromatic rings. The Kier molecular flexibility index (Phi) is 8.63. The van der Waals surface area contributed by atoms with Gasteiger partial charge in [0.25, 0.3) is 5.91 Å². The van der Waals surface area contributed by atoms with Crippen molar-refractivity contribution in [3.05, 3.63) is 69.7 Å². The van der Waals surface area contributed by atoms with Crippen molar-refractivity contribution < 1.29 is 24.2 Å². The number of aliphatic hydroxyl groups is 1. The van der Waals surface area contributed by atoms with Crippen LogP contribution < -0.4 is 0 Å². The molecule has 1 N–H and O–H groups in total. The summed E-state index contributed by atoms with van der Waals surface area (Å²) in [5.41, 5.74) is 0.862. The average molecular weight is 508 g/mol. The molecular weight excluding hydrogens is 477 g/mol. The lowest BCUT2D eigenvalue weighted by molar-refractivity contribution is -0.188. The Balaban J connectivity index is 2.09. The fourth-order valence-corrected chi connectivity index (χ4v) is 4.51. The Labute approximate surface area is 210 Å². The number of morpholine rings is 1. The number of hydrogen-bond donors (Lipinski definition) is 1. The summed E-state index contributed by atoms with van der Waals surface area (Å²) in [6.45, 7) is 6.98. The van der Waals surface area contributed by atoms with Crippen molar-refractivity contribution in [2.75, 3.05) is 6.61 Å². The smallest absolute Gasteiger partial charge is 0.309 e. The van der Waals surface area contributed by atoms with Crippen LogP contribution in [0.2, 0.25) is 10.0 Å². The highest BCUT2D eigenvalue weighted by atomic mass is 35.5. The van der Waals surface area contributed by atoms with Gasteiger partial charge in [0.2, 0.25) is 0 Å². The van der Waals surface area contributed by atoms with E-state index in [1.807, 2.05) is 31.2 Å². The first-order chi connectivity index (χ1) is 16.0. The lowest BCUT2D eigenvalue weighted by Gasteiger charge is -2.47. The SMILES string of the molecule is CC[C@@H](CO)N1C(=O)C(CC(=O)OC(C)(C)C)O[C@@H](c2cccc(Cl)c2)[C@H]1c1ccc(Cl)cc1. The van der Waals surface area contributed by atoms with Crippen LogP contribution in [-0.4, -0.2) is 46.2 Å². The molecule has 8 heteroatoms. The third-order valence-corrected chi connectivity index (χ3v) is 6.15. The first kappa shape index (κ1) is 26.5. The molecular formula is C26H31Cl2NO5. The summed E-state index contributed by atoms with van der Waals surface area (Å²) in [7, 11) is 0. The molecule has 1 saturated heterocycles. The lowest BCUT2D eigenvalue weighted by Crippen LogP contribution is -2.56. The van der Waals surface area contributed by atoms with Gasteiger partial charge in [-0.3, -0.25) is 9.59 Å². The van der Waals surface area contributed by atoms with Crippen molar-refractivity contribution in [1.29, 1.82) is 0 Å². The molecule has 6 nitrogen and oxygen atoms in total. The standard InChI is InChI=1S/C26H31Cl2NO5/c1-5-20(15-30)29-23(16-9-11-18(27)12-10-16)24(17-7-6-8-19(28)13-17)33-21(25(29)32)14-22(31)34-26(2,3)4/h6-13,20-21,23-24,30H,5,14-15H2,1-4H3/t20-,21?,23+,24-/m0/s1. The summed E-state index contributed by atoms with van der Waals surface area (Å²) < 4.78 is 11.8. The quantitative estimate of drug-likeness (QED) is 0.500. The summed E-state index contributed by atoms with van der Waals surface area (Å²) in [5, 5.41) is 11.2. The summed E-state index contributed by atoms with van der Waals surface area (Å²) in [4.78, 5) is 28.0. The molecule has 1 aliphatic rings. The van der Waals surface area contributed by atoms with Gasteiger partial charge in [-0.15, -0.1) is 0 Å². The largest absolute Gasteiger partial charge is 0.460 e. The number of esters is 1. The van der Waals surface area contributed by atoms with Gasteiger partial charge in [0, 0.05) is 10.0 Å². The lowest BCUT2D eigenvalue weighted by atomic mass is 9.89. The van der Waals surface area contributed by atoms with Gasteiger partial charge in [-0.05, 0) is 62.6 Å². The fourth-order valence-electron chi connectivity index (χ4n) is 4.19. The number of carbonyl (C=O) groups excluding carboxylic acids is 2. The van der Waals surface area contributed by atoms with Crippen LogP contribution in [0, 0.1) is 0 Å². The molecule has 0 bridgehead atoms. The number of nitrogens with zero attached hydrogens (tertiary/aromatic N) is 1. The van der Waals surface area contributed by atoms with Gasteiger partial charge in [-0.2, -0.15) is 0 Å². The van der Waals surface area contributed by atoms with E-state index in [1.54, 1.807) is 49.9 Å². The minimum absolute atomic E-state index is 0.228. The number of amides is 1. The molecule has 0 radical (unpaired) electrons. The molecule has 4 atom stereocenters. The first-order valence-electron chi connectivity index (χ1n) is 11.3. The number of benzene rings is 2. The number of ether oxygens (including phenoxy) is 2. The Bertz CT molecular complexity index is 1000.